The topological polar surface area (TPSA) is 21.3 Å². The largest absolute Gasteiger partial charge is 0.497 e. The van der Waals surface area contributed by atoms with E-state index >= 15 is 0 Å². The minimum atomic E-state index is 0.646. The minimum Gasteiger partial charge on any atom is -0.497 e. The molecule has 1 rings (SSSR count). The van der Waals surface area contributed by atoms with Crippen LogP contribution < -0.4 is 10.1 Å². The molecule has 0 amide bonds. The maximum absolute atomic E-state index is 5.30. The van der Waals surface area contributed by atoms with Gasteiger partial charge < -0.3 is 10.1 Å². The van der Waals surface area contributed by atoms with Crippen molar-refractivity contribution >= 4 is 15.9 Å². The smallest absolute Gasteiger partial charge is 0.119 e. The van der Waals surface area contributed by atoms with Crippen LogP contribution in [0.5, 0.6) is 5.75 Å². The number of halogens is 1. The molecule has 108 valence electrons. The van der Waals surface area contributed by atoms with E-state index in [9.17, 15) is 0 Å². The zero-order chi connectivity index (χ0) is 14.3. The normalized spacial score (nSPS) is 14.2. The molecule has 0 spiro atoms. The Morgan fingerprint density at radius 2 is 2.00 bits per heavy atom. The summed E-state index contributed by atoms with van der Waals surface area (Å²) in [7, 11) is 1.72. The van der Waals surface area contributed by atoms with Crippen LogP contribution in [0.1, 0.15) is 32.8 Å². The SMILES string of the molecule is CCCNCC(C)C(C)Cc1cc(OC)ccc1Br. The highest BCUT2D eigenvalue weighted by Gasteiger charge is 2.14. The third-order valence-corrected chi connectivity index (χ3v) is 4.43. The number of methoxy groups -OCH3 is 1. The maximum atomic E-state index is 5.30. The Morgan fingerprint density at radius 3 is 2.63 bits per heavy atom. The van der Waals surface area contributed by atoms with Crippen LogP contribution in [-0.4, -0.2) is 20.2 Å². The minimum absolute atomic E-state index is 0.646. The standard InChI is InChI=1S/C16H26BrNO/c1-5-8-18-11-13(3)12(2)9-14-10-15(19-4)6-7-16(14)17/h6-7,10,12-13,18H,5,8-9,11H2,1-4H3. The van der Waals surface area contributed by atoms with E-state index < -0.39 is 0 Å². The van der Waals surface area contributed by atoms with Crippen LogP contribution in [0.3, 0.4) is 0 Å². The Balaban J connectivity index is 2.57. The zero-order valence-corrected chi connectivity index (χ0v) is 14.1. The summed E-state index contributed by atoms with van der Waals surface area (Å²) < 4.78 is 6.47. The van der Waals surface area contributed by atoms with Gasteiger partial charge in [0.15, 0.2) is 0 Å². The Kier molecular flexibility index (Phi) is 7.47. The molecular weight excluding hydrogens is 302 g/mol. The zero-order valence-electron chi connectivity index (χ0n) is 12.5. The van der Waals surface area contributed by atoms with Crippen LogP contribution >= 0.6 is 15.9 Å². The van der Waals surface area contributed by atoms with Crippen LogP contribution in [0.25, 0.3) is 0 Å². The predicted octanol–water partition coefficient (Wildman–Crippen LogP) is 4.27. The van der Waals surface area contributed by atoms with E-state index in [1.54, 1.807) is 7.11 Å². The number of benzene rings is 1. The molecule has 3 heteroatoms. The monoisotopic (exact) mass is 327 g/mol. The van der Waals surface area contributed by atoms with Crippen molar-refractivity contribution in [3.63, 3.8) is 0 Å². The van der Waals surface area contributed by atoms with Gasteiger partial charge in [0.1, 0.15) is 5.75 Å². The van der Waals surface area contributed by atoms with Gasteiger partial charge >= 0.3 is 0 Å². The summed E-state index contributed by atoms with van der Waals surface area (Å²) in [6.07, 6.45) is 2.27. The first kappa shape index (κ1) is 16.5. The summed E-state index contributed by atoms with van der Waals surface area (Å²) in [4.78, 5) is 0. The van der Waals surface area contributed by atoms with E-state index in [-0.39, 0.29) is 0 Å². The average molecular weight is 328 g/mol. The van der Waals surface area contributed by atoms with Crippen molar-refractivity contribution in [1.82, 2.24) is 5.32 Å². The maximum Gasteiger partial charge on any atom is 0.119 e. The molecule has 0 fully saturated rings. The molecule has 2 nitrogen and oxygen atoms in total. The van der Waals surface area contributed by atoms with Crippen LogP contribution in [0.2, 0.25) is 0 Å². The second-order valence-corrected chi connectivity index (χ2v) is 6.17. The molecule has 19 heavy (non-hydrogen) atoms. The molecule has 0 saturated carbocycles. The second-order valence-electron chi connectivity index (χ2n) is 5.32. The van der Waals surface area contributed by atoms with Crippen LogP contribution in [0.15, 0.2) is 22.7 Å². The lowest BCUT2D eigenvalue weighted by molar-refractivity contribution is 0.364. The van der Waals surface area contributed by atoms with Crippen molar-refractivity contribution in [3.05, 3.63) is 28.2 Å². The average Bonchev–Trinajstić information content (AvgIpc) is 2.41. The van der Waals surface area contributed by atoms with Gasteiger partial charge in [0.05, 0.1) is 7.11 Å². The van der Waals surface area contributed by atoms with Crippen molar-refractivity contribution in [1.29, 1.82) is 0 Å². The first-order chi connectivity index (χ1) is 9.08. The van der Waals surface area contributed by atoms with Gasteiger partial charge in [-0.1, -0.05) is 36.7 Å². The molecule has 2 unspecified atom stereocenters. The van der Waals surface area contributed by atoms with Gasteiger partial charge in [-0.3, -0.25) is 0 Å². The van der Waals surface area contributed by atoms with Crippen LogP contribution in [0.4, 0.5) is 0 Å². The van der Waals surface area contributed by atoms with E-state index in [4.69, 9.17) is 4.74 Å². The van der Waals surface area contributed by atoms with E-state index in [0.29, 0.717) is 11.8 Å². The summed E-state index contributed by atoms with van der Waals surface area (Å²) in [6, 6.07) is 6.19. The first-order valence-electron chi connectivity index (χ1n) is 7.11. The molecule has 1 aromatic rings. The molecule has 0 radical (unpaired) electrons. The molecule has 0 bridgehead atoms. The summed E-state index contributed by atoms with van der Waals surface area (Å²) in [5, 5.41) is 3.50. The van der Waals surface area contributed by atoms with Gasteiger partial charge in [0, 0.05) is 4.47 Å². The van der Waals surface area contributed by atoms with Crippen molar-refractivity contribution in [2.45, 2.75) is 33.6 Å². The first-order valence-corrected chi connectivity index (χ1v) is 7.90. The summed E-state index contributed by atoms with van der Waals surface area (Å²) in [6.45, 7) is 9.05. The summed E-state index contributed by atoms with van der Waals surface area (Å²) >= 11 is 3.63. The molecule has 1 N–H and O–H groups in total. The summed E-state index contributed by atoms with van der Waals surface area (Å²) in [5.41, 5.74) is 1.33. The van der Waals surface area contributed by atoms with Gasteiger partial charge in [-0.05, 0) is 61.5 Å². The highest BCUT2D eigenvalue weighted by molar-refractivity contribution is 9.10. The van der Waals surface area contributed by atoms with Gasteiger partial charge in [0.25, 0.3) is 0 Å². The third-order valence-electron chi connectivity index (χ3n) is 3.66. The molecule has 0 saturated heterocycles. The van der Waals surface area contributed by atoms with E-state index in [0.717, 1.165) is 25.3 Å². The Hall–Kier alpha value is -0.540. The summed E-state index contributed by atoms with van der Waals surface area (Å²) in [5.74, 6) is 2.25. The lowest BCUT2D eigenvalue weighted by Crippen LogP contribution is -2.26. The number of hydrogen-bond donors (Lipinski definition) is 1. The Morgan fingerprint density at radius 1 is 1.26 bits per heavy atom. The van der Waals surface area contributed by atoms with Gasteiger partial charge in [0.2, 0.25) is 0 Å². The number of ether oxygens (including phenoxy) is 1. The van der Waals surface area contributed by atoms with Crippen LogP contribution in [0, 0.1) is 11.8 Å². The molecule has 2 atom stereocenters. The Bertz CT molecular complexity index is 381. The molecule has 1 aromatic carbocycles. The lowest BCUT2D eigenvalue weighted by Gasteiger charge is -2.21. The van der Waals surface area contributed by atoms with Crippen molar-refractivity contribution in [2.24, 2.45) is 11.8 Å². The third kappa shape index (κ3) is 5.53. The van der Waals surface area contributed by atoms with E-state index in [2.05, 4.69) is 54.2 Å². The fourth-order valence-electron chi connectivity index (χ4n) is 2.09. The molecule has 0 aliphatic heterocycles. The lowest BCUT2D eigenvalue weighted by atomic mass is 9.89. The highest BCUT2D eigenvalue weighted by atomic mass is 79.9. The van der Waals surface area contributed by atoms with Crippen molar-refractivity contribution in [3.8, 4) is 5.75 Å². The predicted molar refractivity (Wildman–Crippen MR) is 85.9 cm³/mol. The fourth-order valence-corrected chi connectivity index (χ4v) is 2.50. The molecule has 0 heterocycles. The van der Waals surface area contributed by atoms with Crippen LogP contribution in [-0.2, 0) is 6.42 Å². The molecular formula is C16H26BrNO. The van der Waals surface area contributed by atoms with Gasteiger partial charge in [-0.15, -0.1) is 0 Å². The van der Waals surface area contributed by atoms with E-state index in [1.165, 1.54) is 16.5 Å². The highest BCUT2D eigenvalue weighted by Crippen LogP contribution is 2.26. The Labute approximate surface area is 126 Å². The molecule has 0 aliphatic rings. The van der Waals surface area contributed by atoms with Crippen molar-refractivity contribution < 1.29 is 4.74 Å². The number of rotatable bonds is 8. The number of hydrogen-bond acceptors (Lipinski definition) is 2. The van der Waals surface area contributed by atoms with Gasteiger partial charge in [-0.2, -0.15) is 0 Å². The van der Waals surface area contributed by atoms with Crippen molar-refractivity contribution in [2.75, 3.05) is 20.2 Å². The van der Waals surface area contributed by atoms with E-state index in [1.807, 2.05) is 6.07 Å². The molecule has 0 aliphatic carbocycles. The number of nitrogens with one attached hydrogen (secondary N) is 1. The molecule has 0 aromatic heterocycles. The fraction of sp³-hybridized carbons (Fsp3) is 0.625. The second kappa shape index (κ2) is 8.60. The quantitative estimate of drug-likeness (QED) is 0.720. The van der Waals surface area contributed by atoms with Gasteiger partial charge in [-0.25, -0.2) is 0 Å².